The van der Waals surface area contributed by atoms with E-state index in [1.165, 1.54) is 0 Å². The second-order valence-corrected chi connectivity index (χ2v) is 22.8. The van der Waals surface area contributed by atoms with Crippen molar-refractivity contribution in [2.45, 2.75) is 102 Å². The molecular formula is C33H47Cl2N3O3SSi. The number of amides is 1. The van der Waals surface area contributed by atoms with E-state index in [9.17, 15) is 9.00 Å². The molecule has 6 nitrogen and oxygen atoms in total. The highest BCUT2D eigenvalue weighted by Crippen LogP contribution is 2.47. The molecule has 43 heavy (non-hydrogen) atoms. The van der Waals surface area contributed by atoms with Gasteiger partial charge >= 0.3 is 0 Å². The van der Waals surface area contributed by atoms with Crippen molar-refractivity contribution < 1.29 is 13.7 Å². The van der Waals surface area contributed by atoms with Crippen LogP contribution in [0.5, 0.6) is 5.75 Å². The van der Waals surface area contributed by atoms with Crippen LogP contribution in [-0.2, 0) is 9.92 Å². The van der Waals surface area contributed by atoms with Crippen molar-refractivity contribution >= 4 is 47.3 Å². The predicted octanol–water partition coefficient (Wildman–Crippen LogP) is 9.29. The molecule has 1 amide bonds. The van der Waals surface area contributed by atoms with Crippen LogP contribution in [0, 0.1) is 10.7 Å². The van der Waals surface area contributed by atoms with E-state index in [-0.39, 0.29) is 22.2 Å². The molecule has 2 unspecified atom stereocenters. The van der Waals surface area contributed by atoms with Crippen LogP contribution in [0.25, 0.3) is 0 Å². The van der Waals surface area contributed by atoms with Gasteiger partial charge in [0.2, 0.25) is 0 Å². The third-order valence-corrected chi connectivity index (χ3v) is 19.7. The monoisotopic (exact) mass is 663 g/mol. The van der Waals surface area contributed by atoms with Crippen LogP contribution in [-0.4, -0.2) is 52.2 Å². The lowest BCUT2D eigenvalue weighted by Gasteiger charge is -2.46. The van der Waals surface area contributed by atoms with Gasteiger partial charge in [-0.25, -0.2) is 8.99 Å². The normalized spacial score (nSPS) is 20.8. The van der Waals surface area contributed by atoms with Crippen LogP contribution in [0.2, 0.25) is 28.2 Å². The summed E-state index contributed by atoms with van der Waals surface area (Å²) in [6.45, 7) is 15.3. The van der Waals surface area contributed by atoms with E-state index in [1.54, 1.807) is 10.0 Å². The van der Waals surface area contributed by atoms with Crippen LogP contribution >= 0.6 is 23.2 Å². The zero-order valence-corrected chi connectivity index (χ0v) is 29.7. The van der Waals surface area contributed by atoms with E-state index < -0.39 is 18.2 Å². The van der Waals surface area contributed by atoms with Crippen molar-refractivity contribution in [2.24, 2.45) is 5.92 Å². The largest absolute Gasteiger partial charge is 0.493 e. The molecular weight excluding hydrogens is 617 g/mol. The van der Waals surface area contributed by atoms with Crippen molar-refractivity contribution in [3.63, 3.8) is 0 Å². The standard InChI is InChI=1S/C33H47Cl2N3O3SSi/c1-22(26-17-27(34)20-28(35)18-26)37-15-13-23(14-16-37)21-41-31-12-9-25(19-30(31)24-7-8-24)32(39)38(42(36,40)29-10-11-29)43(5,6)33(2,3)4/h9,12,17-20,22-24,29,36H,7-8,10-11,13-16,21H2,1-6H3. The number of nitrogens with one attached hydrogen (secondary N) is 1. The zero-order valence-electron chi connectivity index (χ0n) is 26.4. The highest BCUT2D eigenvalue weighted by Gasteiger charge is 2.52. The average molecular weight is 665 g/mol. The number of halogens is 2. The SMILES string of the molecule is CC(c1cc(Cl)cc(Cl)c1)N1CCC(COc2ccc(C(=O)N([Si](C)(C)C(C)(C)C)S(=N)(=O)C3CC3)cc2C2CC2)CC1. The van der Waals surface area contributed by atoms with Crippen molar-refractivity contribution in [3.05, 3.63) is 63.1 Å². The summed E-state index contributed by atoms with van der Waals surface area (Å²) in [4.78, 5) is 16.6. The predicted molar refractivity (Wildman–Crippen MR) is 180 cm³/mol. The van der Waals surface area contributed by atoms with Gasteiger partial charge in [0.1, 0.15) is 15.7 Å². The number of likely N-dealkylation sites (tertiary alicyclic amines) is 1. The lowest BCUT2D eigenvalue weighted by molar-refractivity contribution is 0.0913. The Hall–Kier alpha value is -1.58. The minimum Gasteiger partial charge on any atom is -0.493 e. The fourth-order valence-corrected chi connectivity index (χ4v) is 13.1. The van der Waals surface area contributed by atoms with Crippen molar-refractivity contribution in [1.82, 2.24) is 8.87 Å². The second kappa shape index (κ2) is 12.3. The van der Waals surface area contributed by atoms with E-state index in [1.807, 2.05) is 30.3 Å². The molecule has 0 spiro atoms. The number of piperidine rings is 1. The van der Waals surface area contributed by atoms with Crippen molar-refractivity contribution in [2.75, 3.05) is 19.7 Å². The summed E-state index contributed by atoms with van der Waals surface area (Å²) in [6.07, 6.45) is 5.78. The molecule has 1 aliphatic heterocycles. The first-order valence-electron chi connectivity index (χ1n) is 15.7. The maximum absolute atomic E-state index is 14.2. The molecule has 236 valence electrons. The summed E-state index contributed by atoms with van der Waals surface area (Å²) in [5.74, 6) is 1.45. The van der Waals surface area contributed by atoms with Gasteiger partial charge in [-0.05, 0) is 123 Å². The van der Waals surface area contributed by atoms with Crippen LogP contribution in [0.15, 0.2) is 36.4 Å². The molecule has 2 atom stereocenters. The number of carbonyl (C=O) groups excluding carboxylic acids is 1. The summed E-state index contributed by atoms with van der Waals surface area (Å²) >= 11 is 12.5. The topological polar surface area (TPSA) is 73.7 Å². The third-order valence-electron chi connectivity index (χ3n) is 10.1. The number of nitrogens with zero attached hydrogens (tertiary/aromatic N) is 2. The van der Waals surface area contributed by atoms with E-state index in [2.05, 4.69) is 45.7 Å². The molecule has 0 bridgehead atoms. The quantitative estimate of drug-likeness (QED) is 0.257. The Morgan fingerprint density at radius 2 is 1.65 bits per heavy atom. The molecule has 1 N–H and O–H groups in total. The minimum absolute atomic E-state index is 0.214. The Morgan fingerprint density at radius 1 is 1.05 bits per heavy atom. The smallest absolute Gasteiger partial charge is 0.258 e. The van der Waals surface area contributed by atoms with Crippen LogP contribution in [0.1, 0.15) is 99.7 Å². The van der Waals surface area contributed by atoms with E-state index in [0.29, 0.717) is 34.1 Å². The molecule has 3 aliphatic rings. The fraction of sp³-hybridized carbons (Fsp3) is 0.606. The van der Waals surface area contributed by atoms with E-state index >= 15 is 0 Å². The Morgan fingerprint density at radius 3 is 2.19 bits per heavy atom. The summed E-state index contributed by atoms with van der Waals surface area (Å²) < 4.78 is 30.8. The summed E-state index contributed by atoms with van der Waals surface area (Å²) in [5, 5.41) is 0.897. The molecule has 2 aliphatic carbocycles. The Bertz CT molecular complexity index is 1440. The van der Waals surface area contributed by atoms with Gasteiger partial charge in [-0.3, -0.25) is 13.7 Å². The number of benzene rings is 2. The Kier molecular flexibility index (Phi) is 9.39. The zero-order chi connectivity index (χ0) is 31.3. The van der Waals surface area contributed by atoms with Gasteiger partial charge in [-0.2, -0.15) is 0 Å². The lowest BCUT2D eigenvalue weighted by atomic mass is 9.95. The minimum atomic E-state index is -3.20. The van der Waals surface area contributed by atoms with Crippen LogP contribution in [0.3, 0.4) is 0 Å². The number of hydrogen-bond acceptors (Lipinski definition) is 5. The van der Waals surface area contributed by atoms with Gasteiger partial charge in [-0.1, -0.05) is 57.1 Å². The van der Waals surface area contributed by atoms with E-state index in [0.717, 1.165) is 68.5 Å². The summed E-state index contributed by atoms with van der Waals surface area (Å²) in [7, 11) is -5.79. The molecule has 0 aromatic heterocycles. The van der Waals surface area contributed by atoms with Gasteiger partial charge in [-0.15, -0.1) is 0 Å². The van der Waals surface area contributed by atoms with Gasteiger partial charge in [0.25, 0.3) is 5.91 Å². The van der Waals surface area contributed by atoms with Gasteiger partial charge in [0, 0.05) is 21.7 Å². The summed E-state index contributed by atoms with van der Waals surface area (Å²) in [6, 6.07) is 11.8. The molecule has 1 heterocycles. The van der Waals surface area contributed by atoms with Gasteiger partial charge in [0.15, 0.2) is 8.24 Å². The highest BCUT2D eigenvalue weighted by atomic mass is 35.5. The average Bonchev–Trinajstić information content (AvgIpc) is 3.83. The first-order chi connectivity index (χ1) is 20.1. The first kappa shape index (κ1) is 32.8. The summed E-state index contributed by atoms with van der Waals surface area (Å²) in [5.41, 5.74) is 2.75. The molecule has 5 rings (SSSR count). The molecule has 10 heteroatoms. The first-order valence-corrected chi connectivity index (χ1v) is 21.0. The highest BCUT2D eigenvalue weighted by molar-refractivity contribution is 7.93. The Labute approximate surface area is 269 Å². The molecule has 3 fully saturated rings. The van der Waals surface area contributed by atoms with E-state index in [4.69, 9.17) is 32.7 Å². The number of hydrogen-bond donors (Lipinski definition) is 1. The number of ether oxygens (including phenoxy) is 1. The van der Waals surface area contributed by atoms with Crippen LogP contribution < -0.4 is 4.74 Å². The maximum atomic E-state index is 14.2. The van der Waals surface area contributed by atoms with Crippen LogP contribution in [0.4, 0.5) is 0 Å². The third kappa shape index (κ3) is 7.14. The fourth-order valence-electron chi connectivity index (χ4n) is 5.94. The molecule has 2 aromatic carbocycles. The Balaban J connectivity index is 1.27. The maximum Gasteiger partial charge on any atom is 0.258 e. The molecule has 2 aromatic rings. The van der Waals surface area contributed by atoms with Gasteiger partial charge in [0.05, 0.1) is 11.9 Å². The lowest BCUT2D eigenvalue weighted by Crippen LogP contribution is -2.60. The second-order valence-electron chi connectivity index (χ2n) is 14.4. The number of rotatable bonds is 10. The van der Waals surface area contributed by atoms with Crippen molar-refractivity contribution in [1.29, 1.82) is 4.78 Å². The van der Waals surface area contributed by atoms with Gasteiger partial charge < -0.3 is 4.74 Å². The molecule has 1 saturated heterocycles. The molecule has 2 saturated carbocycles. The van der Waals surface area contributed by atoms with Crippen molar-refractivity contribution in [3.8, 4) is 5.75 Å². The number of carbonyl (C=O) groups is 1. The molecule has 0 radical (unpaired) electrons.